The molecule has 5 nitrogen and oxygen atoms in total. The van der Waals surface area contributed by atoms with Crippen LogP contribution in [0.5, 0.6) is 0 Å². The van der Waals surface area contributed by atoms with E-state index >= 15 is 0 Å². The minimum atomic E-state index is -0.0741. The van der Waals surface area contributed by atoms with Crippen LogP contribution < -0.4 is 9.13 Å². The third-order valence-electron chi connectivity index (χ3n) is 11.0. The zero-order valence-corrected chi connectivity index (χ0v) is 32.2. The molecular formula is C44H59N5+2. The lowest BCUT2D eigenvalue weighted by Gasteiger charge is -2.33. The zero-order chi connectivity index (χ0) is 35.5. The van der Waals surface area contributed by atoms with Crippen LogP contribution in [0.15, 0.2) is 61.4 Å². The molecule has 3 bridgehead atoms. The van der Waals surface area contributed by atoms with Crippen LogP contribution in [0.2, 0.25) is 0 Å². The summed E-state index contributed by atoms with van der Waals surface area (Å²) in [4.78, 5) is 5.40. The standard InChI is InChI=1S/C44H59N5/c1-13-35-39-34(28-38(45-35)43(8,9)10)44(11,14-2)21-20-32-27-37-36(26-31(32)4)49(29-42(5,6)7)41(39)48(37)23-17-22-47-25-24-46(12)40(47)33-19-16-15-18-30(33)3/h13,15-16,18-19,24-28H,1,14,17,20-23,29H2,2-12H3/q+2. The highest BCUT2D eigenvalue weighted by molar-refractivity contribution is 5.81. The summed E-state index contributed by atoms with van der Waals surface area (Å²) in [6.45, 7) is 30.4. The number of aryl methyl sites for hydroxylation is 6. The summed E-state index contributed by atoms with van der Waals surface area (Å²) in [7, 11) is 2.16. The van der Waals surface area contributed by atoms with Gasteiger partial charge in [-0.2, -0.15) is 0 Å². The van der Waals surface area contributed by atoms with E-state index in [2.05, 4.69) is 156 Å². The minimum absolute atomic E-state index is 0.0194. The number of benzene rings is 2. The first-order chi connectivity index (χ1) is 23.1. The Balaban J connectivity index is 1.61. The van der Waals surface area contributed by atoms with Crippen LogP contribution in [0, 0.1) is 19.3 Å². The van der Waals surface area contributed by atoms with Crippen molar-refractivity contribution in [2.75, 3.05) is 0 Å². The Morgan fingerprint density at radius 3 is 2.37 bits per heavy atom. The second kappa shape index (κ2) is 12.7. The largest absolute Gasteiger partial charge is 0.292 e. The van der Waals surface area contributed by atoms with Crippen LogP contribution in [-0.4, -0.2) is 14.1 Å². The van der Waals surface area contributed by atoms with Gasteiger partial charge in [-0.15, -0.1) is 0 Å². The third kappa shape index (κ3) is 6.42. The average Bonchev–Trinajstić information content (AvgIpc) is 3.53. The molecule has 0 saturated carbocycles. The predicted octanol–water partition coefficient (Wildman–Crippen LogP) is 9.59. The number of rotatable bonds is 8. The van der Waals surface area contributed by atoms with Gasteiger partial charge < -0.3 is 0 Å². The molecule has 0 amide bonds. The maximum absolute atomic E-state index is 5.40. The van der Waals surface area contributed by atoms with Crippen LogP contribution in [0.25, 0.3) is 39.9 Å². The molecule has 0 aliphatic carbocycles. The number of nitrogens with zero attached hydrogens (tertiary/aromatic N) is 5. The van der Waals surface area contributed by atoms with Gasteiger partial charge in [0.25, 0.3) is 11.6 Å². The molecule has 6 rings (SSSR count). The smallest absolute Gasteiger partial charge is 0.252 e. The Hall–Kier alpha value is -3.99. The highest BCUT2D eigenvalue weighted by Gasteiger charge is 2.39. The van der Waals surface area contributed by atoms with E-state index < -0.39 is 0 Å². The lowest BCUT2D eigenvalue weighted by molar-refractivity contribution is -0.673. The van der Waals surface area contributed by atoms with Crippen LogP contribution >= 0.6 is 0 Å². The molecule has 0 radical (unpaired) electrons. The summed E-state index contributed by atoms with van der Waals surface area (Å²) in [6.07, 6.45) is 10.7. The van der Waals surface area contributed by atoms with Gasteiger partial charge in [-0.05, 0) is 96.5 Å². The molecule has 2 aromatic carbocycles. The van der Waals surface area contributed by atoms with Crippen molar-refractivity contribution in [1.29, 1.82) is 0 Å². The second-order valence-corrected chi connectivity index (χ2v) is 17.2. The van der Waals surface area contributed by atoms with Crippen LogP contribution in [-0.2, 0) is 43.9 Å². The lowest BCUT2D eigenvalue weighted by Crippen LogP contribution is -2.42. The highest BCUT2D eigenvalue weighted by atomic mass is 15.2. The van der Waals surface area contributed by atoms with Crippen LogP contribution in [0.1, 0.15) is 108 Å². The maximum atomic E-state index is 5.40. The summed E-state index contributed by atoms with van der Waals surface area (Å²) >= 11 is 0. The number of hydrogen-bond acceptors (Lipinski definition) is 1. The number of imidazole rings is 2. The quantitative estimate of drug-likeness (QED) is 0.153. The van der Waals surface area contributed by atoms with Crippen molar-refractivity contribution < 1.29 is 9.13 Å². The molecule has 3 aromatic heterocycles. The van der Waals surface area contributed by atoms with E-state index in [1.165, 1.54) is 56.1 Å². The predicted molar refractivity (Wildman–Crippen MR) is 205 cm³/mol. The summed E-state index contributed by atoms with van der Waals surface area (Å²) in [6, 6.07) is 16.2. The highest BCUT2D eigenvalue weighted by Crippen LogP contribution is 2.44. The summed E-state index contributed by atoms with van der Waals surface area (Å²) in [5, 5.41) is 0. The van der Waals surface area contributed by atoms with E-state index in [9.17, 15) is 0 Å². The Morgan fingerprint density at radius 1 is 0.980 bits per heavy atom. The van der Waals surface area contributed by atoms with Gasteiger partial charge in [0.15, 0.2) is 11.0 Å². The number of aromatic nitrogens is 5. The number of pyridine rings is 1. The first-order valence-electron chi connectivity index (χ1n) is 18.4. The van der Waals surface area contributed by atoms with E-state index in [1.807, 2.05) is 6.08 Å². The van der Waals surface area contributed by atoms with Gasteiger partial charge in [-0.3, -0.25) is 4.98 Å². The topological polar surface area (TPSA) is 30.5 Å². The molecule has 5 heteroatoms. The summed E-state index contributed by atoms with van der Waals surface area (Å²) in [5.41, 5.74) is 12.9. The lowest BCUT2D eigenvalue weighted by atomic mass is 9.72. The van der Waals surface area contributed by atoms with E-state index in [0.29, 0.717) is 0 Å². The third-order valence-corrected chi connectivity index (χ3v) is 11.0. The zero-order valence-electron chi connectivity index (χ0n) is 32.2. The van der Waals surface area contributed by atoms with Crippen molar-refractivity contribution in [3.63, 3.8) is 0 Å². The normalized spacial score (nSPS) is 16.5. The second-order valence-electron chi connectivity index (χ2n) is 17.2. The van der Waals surface area contributed by atoms with Crippen molar-refractivity contribution in [2.45, 2.75) is 125 Å². The van der Waals surface area contributed by atoms with Crippen molar-refractivity contribution in [3.8, 4) is 22.8 Å². The molecule has 1 aliphatic rings. The molecule has 0 spiro atoms. The molecule has 4 heterocycles. The van der Waals surface area contributed by atoms with Gasteiger partial charge in [-0.25, -0.2) is 18.3 Å². The SMILES string of the molecule is C=Cc1nc(C(C)(C)C)cc2c1-c1n(CCCn3cc[n+](C)c3-c3ccccc3C)c3cc(c(C)cc3[n+]1CC(C)(C)C)CCC2(C)CC. The van der Waals surface area contributed by atoms with Gasteiger partial charge in [0.1, 0.15) is 12.4 Å². The monoisotopic (exact) mass is 657 g/mol. The van der Waals surface area contributed by atoms with Crippen LogP contribution in [0.4, 0.5) is 0 Å². The van der Waals surface area contributed by atoms with Crippen molar-refractivity contribution in [3.05, 3.63) is 95.1 Å². The Kier molecular flexibility index (Phi) is 9.05. The van der Waals surface area contributed by atoms with E-state index in [4.69, 9.17) is 4.98 Å². The fraction of sp³-hybridized carbons (Fsp3) is 0.477. The van der Waals surface area contributed by atoms with Gasteiger partial charge >= 0.3 is 0 Å². The minimum Gasteiger partial charge on any atom is -0.252 e. The Bertz CT molecular complexity index is 2040. The van der Waals surface area contributed by atoms with Gasteiger partial charge in [0.2, 0.25) is 0 Å². The number of fused-ring (bicyclic) bond motifs is 4. The van der Waals surface area contributed by atoms with E-state index in [0.717, 1.165) is 56.7 Å². The molecule has 258 valence electrons. The number of hydrogen-bond donors (Lipinski definition) is 0. The molecule has 0 saturated heterocycles. The Morgan fingerprint density at radius 2 is 1.71 bits per heavy atom. The maximum Gasteiger partial charge on any atom is 0.292 e. The molecule has 1 aliphatic heterocycles. The van der Waals surface area contributed by atoms with Crippen molar-refractivity contribution in [2.24, 2.45) is 12.5 Å². The summed E-state index contributed by atoms with van der Waals surface area (Å²) < 4.78 is 9.97. The van der Waals surface area contributed by atoms with E-state index in [-0.39, 0.29) is 16.2 Å². The van der Waals surface area contributed by atoms with Crippen LogP contribution in [0.3, 0.4) is 0 Å². The summed E-state index contributed by atoms with van der Waals surface area (Å²) in [5.74, 6) is 2.53. The molecule has 5 aromatic rings. The first-order valence-corrected chi connectivity index (χ1v) is 18.4. The van der Waals surface area contributed by atoms with Gasteiger partial charge in [0, 0.05) is 17.5 Å². The Labute approximate surface area is 295 Å². The molecule has 0 N–H and O–H groups in total. The molecule has 49 heavy (non-hydrogen) atoms. The average molecular weight is 658 g/mol. The molecule has 1 unspecified atom stereocenters. The molecular weight excluding hydrogens is 599 g/mol. The molecule has 0 fully saturated rings. The van der Waals surface area contributed by atoms with Gasteiger partial charge in [0.05, 0.1) is 43.5 Å². The fourth-order valence-corrected chi connectivity index (χ4v) is 7.92. The van der Waals surface area contributed by atoms with Crippen molar-refractivity contribution in [1.82, 2.24) is 14.1 Å². The first kappa shape index (κ1) is 34.9. The van der Waals surface area contributed by atoms with Crippen molar-refractivity contribution >= 4 is 17.1 Å². The molecule has 1 atom stereocenters. The van der Waals surface area contributed by atoms with E-state index in [1.54, 1.807) is 0 Å². The fourth-order valence-electron chi connectivity index (χ4n) is 7.92. The van der Waals surface area contributed by atoms with Gasteiger partial charge in [-0.1, -0.05) is 80.2 Å².